The van der Waals surface area contributed by atoms with Crippen molar-refractivity contribution in [1.29, 1.82) is 0 Å². The zero-order valence-corrected chi connectivity index (χ0v) is 8.76. The number of allylic oxidation sites excluding steroid dienone is 1. The predicted molar refractivity (Wildman–Crippen MR) is 54.8 cm³/mol. The van der Waals surface area contributed by atoms with E-state index in [2.05, 4.69) is 26.0 Å². The van der Waals surface area contributed by atoms with E-state index in [4.69, 9.17) is 5.53 Å². The molecule has 0 spiro atoms. The standard InChI is InChI=1S/C7H6BrN3S/c1-5(10-11-9)2-6-3-12-4-7(6)8/h2-4H,1H3/b5-2-. The number of hydrogen-bond donors (Lipinski definition) is 0. The van der Waals surface area contributed by atoms with Crippen LogP contribution in [0.2, 0.25) is 0 Å². The maximum Gasteiger partial charge on any atom is 0.0354 e. The maximum atomic E-state index is 8.14. The van der Waals surface area contributed by atoms with Gasteiger partial charge in [0.05, 0.1) is 0 Å². The summed E-state index contributed by atoms with van der Waals surface area (Å²) in [5.74, 6) is 0. The highest BCUT2D eigenvalue weighted by Gasteiger charge is 1.96. The molecule has 0 unspecified atom stereocenters. The van der Waals surface area contributed by atoms with Crippen molar-refractivity contribution in [2.45, 2.75) is 6.92 Å². The Balaban J connectivity index is 2.94. The number of rotatable bonds is 2. The van der Waals surface area contributed by atoms with Gasteiger partial charge in [0, 0.05) is 20.5 Å². The van der Waals surface area contributed by atoms with E-state index in [1.54, 1.807) is 18.3 Å². The zero-order valence-electron chi connectivity index (χ0n) is 6.36. The largest absolute Gasteiger partial charge is 0.151 e. The van der Waals surface area contributed by atoms with Gasteiger partial charge in [0.2, 0.25) is 0 Å². The number of halogens is 1. The lowest BCUT2D eigenvalue weighted by Gasteiger charge is -1.89. The Labute approximate surface area is 82.5 Å². The van der Waals surface area contributed by atoms with E-state index in [9.17, 15) is 0 Å². The van der Waals surface area contributed by atoms with Gasteiger partial charge in [-0.2, -0.15) is 11.3 Å². The van der Waals surface area contributed by atoms with Gasteiger partial charge >= 0.3 is 0 Å². The molecular formula is C7H6BrN3S. The quantitative estimate of drug-likeness (QED) is 0.425. The molecule has 0 saturated heterocycles. The summed E-state index contributed by atoms with van der Waals surface area (Å²) in [7, 11) is 0. The minimum absolute atomic E-state index is 0.664. The molecule has 0 N–H and O–H groups in total. The fourth-order valence-corrected chi connectivity index (χ4v) is 2.09. The molecular weight excluding hydrogens is 238 g/mol. The van der Waals surface area contributed by atoms with E-state index < -0.39 is 0 Å². The molecule has 0 fully saturated rings. The first kappa shape index (κ1) is 9.32. The average Bonchev–Trinajstić information content (AvgIpc) is 2.37. The molecule has 1 aromatic heterocycles. The smallest absolute Gasteiger partial charge is 0.0354 e. The second kappa shape index (κ2) is 4.30. The van der Waals surface area contributed by atoms with Gasteiger partial charge in [0.25, 0.3) is 0 Å². The summed E-state index contributed by atoms with van der Waals surface area (Å²) in [6, 6.07) is 0. The molecule has 1 aromatic rings. The lowest BCUT2D eigenvalue weighted by Crippen LogP contribution is -1.68. The summed E-state index contributed by atoms with van der Waals surface area (Å²) in [6.45, 7) is 1.77. The van der Waals surface area contributed by atoms with Gasteiger partial charge in [-0.15, -0.1) is 0 Å². The molecule has 0 aromatic carbocycles. The van der Waals surface area contributed by atoms with Crippen LogP contribution in [0.1, 0.15) is 12.5 Å². The highest BCUT2D eigenvalue weighted by atomic mass is 79.9. The van der Waals surface area contributed by atoms with E-state index in [0.29, 0.717) is 5.70 Å². The first-order chi connectivity index (χ1) is 5.74. The van der Waals surface area contributed by atoms with Crippen molar-refractivity contribution >= 4 is 33.3 Å². The maximum absolute atomic E-state index is 8.14. The second-order valence-electron chi connectivity index (χ2n) is 2.15. The number of nitrogens with zero attached hydrogens (tertiary/aromatic N) is 3. The van der Waals surface area contributed by atoms with Gasteiger partial charge < -0.3 is 0 Å². The van der Waals surface area contributed by atoms with Crippen molar-refractivity contribution in [3.8, 4) is 0 Å². The van der Waals surface area contributed by atoms with Crippen molar-refractivity contribution in [3.63, 3.8) is 0 Å². The van der Waals surface area contributed by atoms with E-state index in [1.807, 2.05) is 16.8 Å². The van der Waals surface area contributed by atoms with E-state index >= 15 is 0 Å². The molecule has 3 nitrogen and oxygen atoms in total. The second-order valence-corrected chi connectivity index (χ2v) is 3.75. The summed E-state index contributed by atoms with van der Waals surface area (Å²) in [4.78, 5) is 2.69. The van der Waals surface area contributed by atoms with Gasteiger partial charge in [0.15, 0.2) is 0 Å². The summed E-state index contributed by atoms with van der Waals surface area (Å²) in [5, 5.41) is 7.43. The fourth-order valence-electron chi connectivity index (χ4n) is 0.719. The summed E-state index contributed by atoms with van der Waals surface area (Å²) in [6.07, 6.45) is 1.83. The first-order valence-electron chi connectivity index (χ1n) is 3.19. The van der Waals surface area contributed by atoms with Crippen LogP contribution in [-0.4, -0.2) is 0 Å². The molecule has 0 aliphatic heterocycles. The molecule has 1 heterocycles. The molecule has 0 radical (unpaired) electrons. The Morgan fingerprint density at radius 1 is 1.75 bits per heavy atom. The van der Waals surface area contributed by atoms with Gasteiger partial charge in [-0.3, -0.25) is 0 Å². The Morgan fingerprint density at radius 3 is 3.00 bits per heavy atom. The molecule has 12 heavy (non-hydrogen) atoms. The first-order valence-corrected chi connectivity index (χ1v) is 4.92. The Morgan fingerprint density at radius 2 is 2.50 bits per heavy atom. The van der Waals surface area contributed by atoms with Crippen molar-refractivity contribution in [1.82, 2.24) is 0 Å². The van der Waals surface area contributed by atoms with Gasteiger partial charge in [0.1, 0.15) is 0 Å². The average molecular weight is 244 g/mol. The molecule has 0 atom stereocenters. The molecule has 5 heteroatoms. The highest BCUT2D eigenvalue weighted by molar-refractivity contribution is 9.10. The van der Waals surface area contributed by atoms with Crippen molar-refractivity contribution in [2.75, 3.05) is 0 Å². The number of azide groups is 1. The van der Waals surface area contributed by atoms with Crippen molar-refractivity contribution in [3.05, 3.63) is 36.9 Å². The molecule has 0 aliphatic rings. The Hall–Kier alpha value is -0.770. The topological polar surface area (TPSA) is 48.8 Å². The third-order valence-corrected chi connectivity index (χ3v) is 2.96. The predicted octanol–water partition coefficient (Wildman–Crippen LogP) is 4.18. The van der Waals surface area contributed by atoms with Crippen LogP contribution in [0.4, 0.5) is 0 Å². The van der Waals surface area contributed by atoms with Crippen LogP contribution >= 0.6 is 27.3 Å². The third kappa shape index (κ3) is 2.37. The Kier molecular flexibility index (Phi) is 3.34. The van der Waals surface area contributed by atoms with E-state index in [0.717, 1.165) is 10.0 Å². The van der Waals surface area contributed by atoms with Crippen molar-refractivity contribution < 1.29 is 0 Å². The number of thiophene rings is 1. The monoisotopic (exact) mass is 243 g/mol. The molecule has 0 amide bonds. The molecule has 0 saturated carbocycles. The Bertz CT molecular complexity index is 349. The summed E-state index contributed by atoms with van der Waals surface area (Å²) in [5.41, 5.74) is 9.85. The summed E-state index contributed by atoms with van der Waals surface area (Å²) >= 11 is 4.98. The van der Waals surface area contributed by atoms with Crippen molar-refractivity contribution in [2.24, 2.45) is 5.11 Å². The van der Waals surface area contributed by atoms with Crippen LogP contribution in [0.5, 0.6) is 0 Å². The van der Waals surface area contributed by atoms with Crippen LogP contribution in [0, 0.1) is 0 Å². The normalized spacial score (nSPS) is 11.0. The van der Waals surface area contributed by atoms with Gasteiger partial charge in [-0.25, -0.2) is 0 Å². The lowest BCUT2D eigenvalue weighted by atomic mass is 10.3. The summed E-state index contributed by atoms with van der Waals surface area (Å²) < 4.78 is 1.03. The third-order valence-electron chi connectivity index (χ3n) is 1.21. The van der Waals surface area contributed by atoms with Crippen LogP contribution in [0.3, 0.4) is 0 Å². The van der Waals surface area contributed by atoms with E-state index in [1.165, 1.54) is 0 Å². The van der Waals surface area contributed by atoms with Gasteiger partial charge in [-0.1, -0.05) is 5.11 Å². The molecule has 0 aliphatic carbocycles. The van der Waals surface area contributed by atoms with Crippen LogP contribution < -0.4 is 0 Å². The van der Waals surface area contributed by atoms with E-state index in [-0.39, 0.29) is 0 Å². The zero-order chi connectivity index (χ0) is 8.97. The minimum Gasteiger partial charge on any atom is -0.151 e. The molecule has 62 valence electrons. The fraction of sp³-hybridized carbons (Fsp3) is 0.143. The van der Waals surface area contributed by atoms with Crippen LogP contribution in [-0.2, 0) is 0 Å². The van der Waals surface area contributed by atoms with Crippen LogP contribution in [0.25, 0.3) is 16.5 Å². The number of hydrogen-bond acceptors (Lipinski definition) is 2. The molecule has 0 bridgehead atoms. The SMILES string of the molecule is C/C(=C/c1cscc1Br)N=[N+]=[N-]. The van der Waals surface area contributed by atoms with Gasteiger partial charge in [-0.05, 0) is 45.4 Å². The highest BCUT2D eigenvalue weighted by Crippen LogP contribution is 2.23. The molecule has 1 rings (SSSR count). The van der Waals surface area contributed by atoms with Crippen LogP contribution in [0.15, 0.2) is 26.0 Å². The minimum atomic E-state index is 0.664. The lowest BCUT2D eigenvalue weighted by molar-refractivity contribution is 1.30.